The number of nitrogens with one attached hydrogen (secondary N) is 1. The van der Waals surface area contributed by atoms with E-state index in [2.05, 4.69) is 4.98 Å². The molecule has 28 heavy (non-hydrogen) atoms. The van der Waals surface area contributed by atoms with Crippen LogP contribution in [0.2, 0.25) is 5.02 Å². The van der Waals surface area contributed by atoms with Crippen LogP contribution in [0.25, 0.3) is 0 Å². The summed E-state index contributed by atoms with van der Waals surface area (Å²) in [6.45, 7) is 6.60. The zero-order valence-electron chi connectivity index (χ0n) is 16.2. The number of halogens is 1. The molecule has 0 saturated heterocycles. The normalized spacial score (nSPS) is 16.7. The van der Waals surface area contributed by atoms with E-state index in [0.717, 1.165) is 5.56 Å². The molecule has 0 radical (unpaired) electrons. The van der Waals surface area contributed by atoms with Crippen LogP contribution in [-0.2, 0) is 16.0 Å². The molecule has 0 spiro atoms. The quantitative estimate of drug-likeness (QED) is 0.605. The average Bonchev–Trinajstić information content (AvgIpc) is 2.94. The van der Waals surface area contributed by atoms with Gasteiger partial charge in [-0.3, -0.25) is 14.4 Å². The van der Waals surface area contributed by atoms with E-state index in [9.17, 15) is 14.4 Å². The molecule has 148 valence electrons. The van der Waals surface area contributed by atoms with Crippen LogP contribution < -0.4 is 4.74 Å². The first-order valence-corrected chi connectivity index (χ1v) is 9.42. The molecule has 2 atom stereocenters. The van der Waals surface area contributed by atoms with Gasteiger partial charge in [0.05, 0.1) is 11.6 Å². The van der Waals surface area contributed by atoms with Crippen molar-refractivity contribution in [1.29, 1.82) is 0 Å². The lowest BCUT2D eigenvalue weighted by molar-refractivity contribution is -0.152. The molecule has 1 aromatic carbocycles. The summed E-state index contributed by atoms with van der Waals surface area (Å²) in [5.41, 5.74) is 2.82. The molecule has 1 aromatic heterocycles. The number of ether oxygens (including phenoxy) is 2. The molecule has 1 aliphatic heterocycles. The summed E-state index contributed by atoms with van der Waals surface area (Å²) in [6, 6.07) is 5.27. The van der Waals surface area contributed by atoms with Crippen LogP contribution in [-0.4, -0.2) is 35.2 Å². The van der Waals surface area contributed by atoms with Gasteiger partial charge in [0.2, 0.25) is 5.78 Å². The van der Waals surface area contributed by atoms with Gasteiger partial charge >= 0.3 is 5.97 Å². The second kappa shape index (κ2) is 7.80. The van der Waals surface area contributed by atoms with Crippen LogP contribution >= 0.6 is 11.6 Å². The lowest BCUT2D eigenvalue weighted by atomic mass is 9.97. The van der Waals surface area contributed by atoms with Gasteiger partial charge in [-0.05, 0) is 63.4 Å². The summed E-state index contributed by atoms with van der Waals surface area (Å²) in [4.78, 5) is 40.0. The van der Waals surface area contributed by atoms with E-state index in [1.165, 1.54) is 13.8 Å². The molecule has 2 heterocycles. The Labute approximate surface area is 168 Å². The highest BCUT2D eigenvalue weighted by atomic mass is 35.5. The number of H-pyrrole nitrogens is 1. The summed E-state index contributed by atoms with van der Waals surface area (Å²) in [7, 11) is 0. The fourth-order valence-corrected chi connectivity index (χ4v) is 3.76. The van der Waals surface area contributed by atoms with Gasteiger partial charge in [-0.1, -0.05) is 11.6 Å². The van der Waals surface area contributed by atoms with Gasteiger partial charge in [0.15, 0.2) is 11.9 Å². The molecule has 3 rings (SSSR count). The first-order valence-electron chi connectivity index (χ1n) is 9.05. The van der Waals surface area contributed by atoms with Gasteiger partial charge < -0.3 is 14.5 Å². The third kappa shape index (κ3) is 3.83. The molecule has 0 aliphatic carbocycles. The predicted octanol–water partition coefficient (Wildman–Crippen LogP) is 3.85. The van der Waals surface area contributed by atoms with Crippen molar-refractivity contribution in [1.82, 2.24) is 4.98 Å². The molecule has 0 bridgehead atoms. The molecule has 1 N–H and O–H groups in total. The smallest absolute Gasteiger partial charge is 0.313 e. The van der Waals surface area contributed by atoms with Crippen LogP contribution in [0, 0.1) is 19.8 Å². The first kappa shape index (κ1) is 20.1. The number of rotatable bonds is 5. The number of ketones is 2. The zero-order chi connectivity index (χ0) is 20.6. The summed E-state index contributed by atoms with van der Waals surface area (Å²) in [5.74, 6) is -0.806. The van der Waals surface area contributed by atoms with Crippen LogP contribution in [0.15, 0.2) is 18.2 Å². The fraction of sp³-hybridized carbons (Fsp3) is 0.381. The SMILES string of the molecule is CC(=O)c1c(C)[nH]c(C(=O)[C@@H](C)OC(=O)[C@@H]2COc3ccc(Cl)cc3C2)c1C. The highest BCUT2D eigenvalue weighted by Gasteiger charge is 2.31. The Hall–Kier alpha value is -2.60. The number of benzene rings is 1. The number of hydrogen-bond acceptors (Lipinski definition) is 5. The van der Waals surface area contributed by atoms with E-state index in [-0.39, 0.29) is 18.2 Å². The number of hydrogen-bond donors (Lipinski definition) is 1. The van der Waals surface area contributed by atoms with Gasteiger partial charge in [0, 0.05) is 16.3 Å². The number of Topliss-reactive ketones (excluding diaryl/α,β-unsaturated/α-hetero) is 2. The second-order valence-corrected chi connectivity index (χ2v) is 7.53. The first-order chi connectivity index (χ1) is 13.2. The Morgan fingerprint density at radius 1 is 1.29 bits per heavy atom. The van der Waals surface area contributed by atoms with Crippen molar-refractivity contribution in [2.24, 2.45) is 5.92 Å². The van der Waals surface area contributed by atoms with Crippen molar-refractivity contribution in [2.75, 3.05) is 6.61 Å². The maximum atomic E-state index is 12.7. The third-order valence-electron chi connectivity index (χ3n) is 4.96. The van der Waals surface area contributed by atoms with Crippen molar-refractivity contribution in [3.63, 3.8) is 0 Å². The molecule has 6 nitrogen and oxygen atoms in total. The molecule has 2 aromatic rings. The van der Waals surface area contributed by atoms with E-state index >= 15 is 0 Å². The van der Waals surface area contributed by atoms with Gasteiger partial charge in [0.25, 0.3) is 0 Å². The van der Waals surface area contributed by atoms with E-state index in [4.69, 9.17) is 21.1 Å². The highest BCUT2D eigenvalue weighted by Crippen LogP contribution is 2.30. The van der Waals surface area contributed by atoms with Gasteiger partial charge in [-0.15, -0.1) is 0 Å². The number of aryl methyl sites for hydroxylation is 1. The number of aromatic amines is 1. The highest BCUT2D eigenvalue weighted by molar-refractivity contribution is 6.30. The maximum Gasteiger partial charge on any atom is 0.313 e. The second-order valence-electron chi connectivity index (χ2n) is 7.09. The monoisotopic (exact) mass is 403 g/mol. The minimum Gasteiger partial charge on any atom is -0.492 e. The molecule has 0 fully saturated rings. The molecular weight excluding hydrogens is 382 g/mol. The summed E-state index contributed by atoms with van der Waals surface area (Å²) in [6.07, 6.45) is -0.546. The van der Waals surface area contributed by atoms with Crippen molar-refractivity contribution in [3.8, 4) is 5.75 Å². The van der Waals surface area contributed by atoms with Crippen molar-refractivity contribution >= 4 is 29.1 Å². The van der Waals surface area contributed by atoms with Gasteiger partial charge in [-0.2, -0.15) is 0 Å². The van der Waals surface area contributed by atoms with E-state index in [1.807, 2.05) is 0 Å². The Balaban J connectivity index is 1.70. The Morgan fingerprint density at radius 3 is 2.64 bits per heavy atom. The molecule has 0 saturated carbocycles. The Morgan fingerprint density at radius 2 is 2.00 bits per heavy atom. The summed E-state index contributed by atoms with van der Waals surface area (Å²) < 4.78 is 11.0. The van der Waals surface area contributed by atoms with Gasteiger partial charge in [0.1, 0.15) is 12.4 Å². The number of esters is 1. The van der Waals surface area contributed by atoms with Crippen molar-refractivity contribution < 1.29 is 23.9 Å². The van der Waals surface area contributed by atoms with E-state index in [0.29, 0.717) is 39.7 Å². The predicted molar refractivity (Wildman–Crippen MR) is 104 cm³/mol. The molecule has 0 unspecified atom stereocenters. The Bertz CT molecular complexity index is 962. The van der Waals surface area contributed by atoms with Crippen molar-refractivity contribution in [2.45, 2.75) is 40.2 Å². The molecule has 7 heteroatoms. The third-order valence-corrected chi connectivity index (χ3v) is 5.20. The number of fused-ring (bicyclic) bond motifs is 1. The average molecular weight is 404 g/mol. The number of carbonyl (C=O) groups is 3. The van der Waals surface area contributed by atoms with E-state index in [1.54, 1.807) is 32.0 Å². The number of carbonyl (C=O) groups excluding carboxylic acids is 3. The minimum atomic E-state index is -0.982. The Kier molecular flexibility index (Phi) is 5.61. The zero-order valence-corrected chi connectivity index (χ0v) is 17.0. The molecular formula is C21H22ClNO5. The maximum absolute atomic E-state index is 12.7. The van der Waals surface area contributed by atoms with E-state index < -0.39 is 18.0 Å². The van der Waals surface area contributed by atoms with Crippen LogP contribution in [0.5, 0.6) is 5.75 Å². The largest absolute Gasteiger partial charge is 0.492 e. The molecule has 1 aliphatic rings. The van der Waals surface area contributed by atoms with Crippen LogP contribution in [0.4, 0.5) is 0 Å². The summed E-state index contributed by atoms with van der Waals surface area (Å²) in [5, 5.41) is 0.568. The summed E-state index contributed by atoms with van der Waals surface area (Å²) >= 11 is 6.01. The van der Waals surface area contributed by atoms with Gasteiger partial charge in [-0.25, -0.2) is 0 Å². The van der Waals surface area contributed by atoms with Crippen molar-refractivity contribution in [3.05, 3.63) is 51.3 Å². The minimum absolute atomic E-state index is 0.119. The lowest BCUT2D eigenvalue weighted by Gasteiger charge is -2.25. The van der Waals surface area contributed by atoms with Crippen LogP contribution in [0.3, 0.4) is 0 Å². The number of aromatic nitrogens is 1. The fourth-order valence-electron chi connectivity index (χ4n) is 3.57. The molecule has 0 amide bonds. The standard InChI is InChI=1S/C21H22ClNO5/c1-10-18(12(3)24)11(2)23-19(10)20(25)13(4)28-21(26)15-7-14-8-16(22)5-6-17(14)27-9-15/h5-6,8,13,15,23H,7,9H2,1-4H3/t13-,15+/m1/s1. The lowest BCUT2D eigenvalue weighted by Crippen LogP contribution is -2.34. The topological polar surface area (TPSA) is 85.5 Å². The van der Waals surface area contributed by atoms with Crippen LogP contribution in [0.1, 0.15) is 51.5 Å².